The van der Waals surface area contributed by atoms with E-state index in [4.69, 9.17) is 20.9 Å². The minimum atomic E-state index is -4.59. The summed E-state index contributed by atoms with van der Waals surface area (Å²) >= 11 is 5.52. The van der Waals surface area contributed by atoms with Crippen LogP contribution in [0, 0.1) is 0 Å². The third kappa shape index (κ3) is 3.36. The van der Waals surface area contributed by atoms with E-state index in [2.05, 4.69) is 5.16 Å². The Morgan fingerprint density at radius 3 is 2.71 bits per heavy atom. The summed E-state index contributed by atoms with van der Waals surface area (Å²) in [5, 5.41) is 3.04. The molecule has 0 aliphatic heterocycles. The second-order valence-corrected chi connectivity index (χ2v) is 4.40. The van der Waals surface area contributed by atoms with Crippen molar-refractivity contribution in [1.82, 2.24) is 5.16 Å². The van der Waals surface area contributed by atoms with E-state index in [-0.39, 0.29) is 23.6 Å². The number of esters is 1. The van der Waals surface area contributed by atoms with Crippen LogP contribution >= 0.6 is 11.6 Å². The molecule has 112 valence electrons. The molecule has 0 radical (unpaired) electrons. The summed E-state index contributed by atoms with van der Waals surface area (Å²) in [6, 6.07) is 4.48. The fourth-order valence-electron chi connectivity index (χ4n) is 1.61. The van der Waals surface area contributed by atoms with Gasteiger partial charge in [-0.05, 0) is 25.1 Å². The lowest BCUT2D eigenvalue weighted by Crippen LogP contribution is -2.05. The first-order chi connectivity index (χ1) is 9.82. The molecule has 8 heteroatoms. The summed E-state index contributed by atoms with van der Waals surface area (Å²) in [5.41, 5.74) is -0.999. The fraction of sp³-hybridized carbons (Fsp3) is 0.231. The largest absolute Gasteiger partial charge is 0.461 e. The molecule has 1 aromatic carbocycles. The Morgan fingerprint density at radius 1 is 1.38 bits per heavy atom. The first-order valence-corrected chi connectivity index (χ1v) is 6.21. The zero-order chi connectivity index (χ0) is 15.6. The van der Waals surface area contributed by atoms with Gasteiger partial charge >= 0.3 is 12.1 Å². The van der Waals surface area contributed by atoms with Crippen LogP contribution in [0.4, 0.5) is 13.2 Å². The molecule has 0 saturated carbocycles. The number of carbonyl (C=O) groups excluding carboxylic acids is 1. The number of ether oxygens (including phenoxy) is 1. The molecule has 1 aromatic heterocycles. The molecule has 1 heterocycles. The van der Waals surface area contributed by atoms with Crippen molar-refractivity contribution in [2.45, 2.75) is 13.1 Å². The van der Waals surface area contributed by atoms with Crippen LogP contribution in [-0.4, -0.2) is 17.7 Å². The minimum Gasteiger partial charge on any atom is -0.461 e. The van der Waals surface area contributed by atoms with E-state index in [1.165, 1.54) is 12.1 Å². The van der Waals surface area contributed by atoms with Crippen LogP contribution in [0.3, 0.4) is 0 Å². The van der Waals surface area contributed by atoms with Crippen LogP contribution in [0.5, 0.6) is 0 Å². The van der Waals surface area contributed by atoms with Crippen LogP contribution in [0.1, 0.15) is 23.0 Å². The molecule has 0 saturated heterocycles. The number of aromatic nitrogens is 1. The normalized spacial score (nSPS) is 11.5. The summed E-state index contributed by atoms with van der Waals surface area (Å²) in [6.45, 7) is 1.77. The van der Waals surface area contributed by atoms with Gasteiger partial charge in [-0.2, -0.15) is 13.2 Å². The maximum Gasteiger partial charge on any atom is 0.417 e. The molecule has 0 aliphatic rings. The molecule has 21 heavy (non-hydrogen) atoms. The highest BCUT2D eigenvalue weighted by Crippen LogP contribution is 2.37. The lowest BCUT2D eigenvalue weighted by Gasteiger charge is -2.09. The zero-order valence-corrected chi connectivity index (χ0v) is 11.5. The van der Waals surface area contributed by atoms with E-state index >= 15 is 0 Å². The van der Waals surface area contributed by atoms with Gasteiger partial charge in [0.1, 0.15) is 0 Å². The molecule has 2 aromatic rings. The third-order valence-corrected chi connectivity index (χ3v) is 2.88. The second-order valence-electron chi connectivity index (χ2n) is 3.99. The SMILES string of the molecule is CCOC(=O)c1cc(-c2ccc(Cl)c(C(F)(F)F)c2)on1. The van der Waals surface area contributed by atoms with Crippen molar-refractivity contribution in [3.05, 3.63) is 40.5 Å². The topological polar surface area (TPSA) is 52.3 Å². The average Bonchev–Trinajstić information content (AvgIpc) is 2.88. The highest BCUT2D eigenvalue weighted by molar-refractivity contribution is 6.31. The highest BCUT2D eigenvalue weighted by atomic mass is 35.5. The summed E-state index contributed by atoms with van der Waals surface area (Å²) in [6.07, 6.45) is -4.59. The Balaban J connectivity index is 2.37. The van der Waals surface area contributed by atoms with Crippen molar-refractivity contribution in [1.29, 1.82) is 0 Å². The Bertz CT molecular complexity index is 667. The first-order valence-electron chi connectivity index (χ1n) is 5.84. The van der Waals surface area contributed by atoms with Crippen molar-refractivity contribution in [2.24, 2.45) is 0 Å². The maximum atomic E-state index is 12.8. The van der Waals surface area contributed by atoms with Gasteiger partial charge in [0.15, 0.2) is 11.5 Å². The average molecular weight is 320 g/mol. The molecular formula is C13H9ClF3NO3. The number of hydrogen-bond donors (Lipinski definition) is 0. The van der Waals surface area contributed by atoms with Crippen LogP contribution in [0.2, 0.25) is 5.02 Å². The van der Waals surface area contributed by atoms with Gasteiger partial charge in [0, 0.05) is 11.6 Å². The van der Waals surface area contributed by atoms with Gasteiger partial charge in [-0.3, -0.25) is 0 Å². The van der Waals surface area contributed by atoms with Crippen molar-refractivity contribution >= 4 is 17.6 Å². The quantitative estimate of drug-likeness (QED) is 0.796. The number of halogens is 4. The number of benzene rings is 1. The smallest absolute Gasteiger partial charge is 0.417 e. The Kier molecular flexibility index (Phi) is 4.22. The lowest BCUT2D eigenvalue weighted by molar-refractivity contribution is -0.137. The van der Waals surface area contributed by atoms with Gasteiger partial charge in [0.25, 0.3) is 0 Å². The Morgan fingerprint density at radius 2 is 2.10 bits per heavy atom. The molecule has 0 bridgehead atoms. The molecular weight excluding hydrogens is 311 g/mol. The van der Waals surface area contributed by atoms with E-state index in [0.29, 0.717) is 0 Å². The number of carbonyl (C=O) groups is 1. The summed E-state index contributed by atoms with van der Waals surface area (Å²) in [4.78, 5) is 11.4. The third-order valence-electron chi connectivity index (χ3n) is 2.55. The van der Waals surface area contributed by atoms with E-state index < -0.39 is 22.7 Å². The van der Waals surface area contributed by atoms with E-state index in [9.17, 15) is 18.0 Å². The highest BCUT2D eigenvalue weighted by Gasteiger charge is 2.33. The van der Waals surface area contributed by atoms with Crippen LogP contribution in [0.15, 0.2) is 28.8 Å². The second kappa shape index (κ2) is 5.77. The maximum absolute atomic E-state index is 12.8. The van der Waals surface area contributed by atoms with Crippen LogP contribution < -0.4 is 0 Å². The molecule has 0 unspecified atom stereocenters. The molecule has 0 amide bonds. The lowest BCUT2D eigenvalue weighted by atomic mass is 10.1. The van der Waals surface area contributed by atoms with Crippen molar-refractivity contribution < 1.29 is 27.2 Å². The Labute approximate surface area is 122 Å². The first kappa shape index (κ1) is 15.4. The number of hydrogen-bond acceptors (Lipinski definition) is 4. The van der Waals surface area contributed by atoms with Gasteiger partial charge in [-0.25, -0.2) is 4.79 Å². The van der Waals surface area contributed by atoms with E-state index in [1.54, 1.807) is 6.92 Å². The Hall–Kier alpha value is -2.02. The summed E-state index contributed by atoms with van der Waals surface area (Å²) < 4.78 is 47.9. The molecule has 4 nitrogen and oxygen atoms in total. The van der Waals surface area contributed by atoms with E-state index in [0.717, 1.165) is 12.1 Å². The van der Waals surface area contributed by atoms with Gasteiger partial charge in [0.05, 0.1) is 17.2 Å². The van der Waals surface area contributed by atoms with Crippen molar-refractivity contribution in [3.8, 4) is 11.3 Å². The van der Waals surface area contributed by atoms with Gasteiger partial charge < -0.3 is 9.26 Å². The zero-order valence-electron chi connectivity index (χ0n) is 10.7. The predicted octanol–water partition coefficient (Wildman–Crippen LogP) is 4.19. The van der Waals surface area contributed by atoms with Crippen LogP contribution in [0.25, 0.3) is 11.3 Å². The summed E-state index contributed by atoms with van der Waals surface area (Å²) in [5.74, 6) is -0.697. The summed E-state index contributed by atoms with van der Waals surface area (Å²) in [7, 11) is 0. The van der Waals surface area contributed by atoms with Crippen molar-refractivity contribution in [2.75, 3.05) is 6.61 Å². The number of alkyl halides is 3. The van der Waals surface area contributed by atoms with Crippen LogP contribution in [-0.2, 0) is 10.9 Å². The van der Waals surface area contributed by atoms with Gasteiger partial charge in [0.2, 0.25) is 0 Å². The molecule has 0 atom stereocenters. The van der Waals surface area contributed by atoms with Gasteiger partial charge in [-0.1, -0.05) is 16.8 Å². The monoisotopic (exact) mass is 319 g/mol. The molecule has 0 aliphatic carbocycles. The molecule has 0 spiro atoms. The van der Waals surface area contributed by atoms with Crippen molar-refractivity contribution in [3.63, 3.8) is 0 Å². The fourth-order valence-corrected chi connectivity index (χ4v) is 1.83. The van der Waals surface area contributed by atoms with E-state index in [1.807, 2.05) is 0 Å². The predicted molar refractivity (Wildman–Crippen MR) is 67.9 cm³/mol. The van der Waals surface area contributed by atoms with Gasteiger partial charge in [-0.15, -0.1) is 0 Å². The standard InChI is InChI=1S/C13H9ClF3NO3/c1-2-20-12(19)10-6-11(21-18-10)7-3-4-9(14)8(5-7)13(15,16)17/h3-6H,2H2,1H3. The molecule has 2 rings (SSSR count). The number of rotatable bonds is 3. The molecule has 0 N–H and O–H groups in total. The molecule has 0 fully saturated rings. The minimum absolute atomic E-state index is 0.0141. The number of nitrogens with zero attached hydrogens (tertiary/aromatic N) is 1.